The number of aromatic nitrogens is 2. The molecule has 0 bridgehead atoms. The van der Waals surface area contributed by atoms with Crippen LogP contribution in [0.15, 0.2) is 12.4 Å². The minimum atomic E-state index is -4.51. The van der Waals surface area contributed by atoms with Gasteiger partial charge in [-0.05, 0) is 13.8 Å². The summed E-state index contributed by atoms with van der Waals surface area (Å²) in [6.07, 6.45) is -3.80. The molecule has 0 spiro atoms. The summed E-state index contributed by atoms with van der Waals surface area (Å²) in [5.41, 5.74) is -1.01. The molecule has 0 saturated heterocycles. The smallest absolute Gasteiger partial charge is 0.419 e. The highest BCUT2D eigenvalue weighted by molar-refractivity contribution is 5.85. The number of alkyl halides is 3. The van der Waals surface area contributed by atoms with Gasteiger partial charge in [0.1, 0.15) is 0 Å². The number of carbonyl (C=O) groups is 1. The fraction of sp³-hybridized carbons (Fsp3) is 0.444. The second kappa shape index (κ2) is 4.46. The Morgan fingerprint density at radius 3 is 2.19 bits per heavy atom. The Morgan fingerprint density at radius 1 is 1.31 bits per heavy atom. The lowest BCUT2D eigenvalue weighted by atomic mass is 10.3. The Kier molecular flexibility index (Phi) is 3.46. The van der Waals surface area contributed by atoms with Crippen LogP contribution in [0, 0.1) is 0 Å². The second-order valence-electron chi connectivity index (χ2n) is 3.25. The molecular formula is C9H9F3N2O2. The first-order valence-corrected chi connectivity index (χ1v) is 4.41. The van der Waals surface area contributed by atoms with Crippen LogP contribution >= 0.6 is 0 Å². The normalized spacial score (nSPS) is 11.6. The number of rotatable bonds is 2. The van der Waals surface area contributed by atoms with Crippen molar-refractivity contribution in [1.29, 1.82) is 0 Å². The van der Waals surface area contributed by atoms with Crippen LogP contribution < -0.4 is 0 Å². The average molecular weight is 234 g/mol. The van der Waals surface area contributed by atoms with Crippen LogP contribution in [-0.4, -0.2) is 22.0 Å². The summed E-state index contributed by atoms with van der Waals surface area (Å²) in [5.74, 6) is -1.23. The Balaban J connectivity index is 2.83. The van der Waals surface area contributed by atoms with Crippen LogP contribution in [0.4, 0.5) is 13.2 Å². The summed E-state index contributed by atoms with van der Waals surface area (Å²) in [7, 11) is 0. The SMILES string of the molecule is CC(C)OC(=O)c1ncc(C(F)(F)F)cn1. The van der Waals surface area contributed by atoms with E-state index in [0.717, 1.165) is 0 Å². The number of hydrogen-bond acceptors (Lipinski definition) is 4. The van der Waals surface area contributed by atoms with Crippen molar-refractivity contribution in [3.63, 3.8) is 0 Å². The molecule has 0 aliphatic carbocycles. The summed E-state index contributed by atoms with van der Waals surface area (Å²) < 4.78 is 41.1. The van der Waals surface area contributed by atoms with Gasteiger partial charge in [-0.3, -0.25) is 0 Å². The Morgan fingerprint density at radius 2 is 1.81 bits per heavy atom. The zero-order chi connectivity index (χ0) is 12.3. The van der Waals surface area contributed by atoms with E-state index in [2.05, 4.69) is 9.97 Å². The molecule has 1 rings (SSSR count). The number of halogens is 3. The Bertz CT molecular complexity index is 373. The molecular weight excluding hydrogens is 225 g/mol. The van der Waals surface area contributed by atoms with Gasteiger partial charge in [0, 0.05) is 12.4 Å². The molecule has 0 aromatic carbocycles. The molecule has 0 atom stereocenters. The zero-order valence-electron chi connectivity index (χ0n) is 8.58. The van der Waals surface area contributed by atoms with Crippen molar-refractivity contribution in [1.82, 2.24) is 9.97 Å². The molecule has 7 heteroatoms. The standard InChI is InChI=1S/C9H9F3N2O2/c1-5(2)16-8(15)7-13-3-6(4-14-7)9(10,11)12/h3-5H,1-2H3. The Labute approximate surface area is 89.5 Å². The topological polar surface area (TPSA) is 52.1 Å². The molecule has 0 unspecified atom stereocenters. The zero-order valence-corrected chi connectivity index (χ0v) is 8.58. The highest BCUT2D eigenvalue weighted by atomic mass is 19.4. The van der Waals surface area contributed by atoms with Gasteiger partial charge < -0.3 is 4.74 Å². The van der Waals surface area contributed by atoms with Gasteiger partial charge in [-0.2, -0.15) is 13.2 Å². The molecule has 1 aromatic rings. The molecule has 0 aliphatic rings. The molecule has 0 N–H and O–H groups in total. The van der Waals surface area contributed by atoms with Gasteiger partial charge in [0.25, 0.3) is 0 Å². The van der Waals surface area contributed by atoms with Crippen LogP contribution in [0.2, 0.25) is 0 Å². The fourth-order valence-corrected chi connectivity index (χ4v) is 0.847. The van der Waals surface area contributed by atoms with E-state index in [1.165, 1.54) is 0 Å². The molecule has 0 radical (unpaired) electrons. The first-order valence-electron chi connectivity index (χ1n) is 4.41. The van der Waals surface area contributed by atoms with Crippen LogP contribution in [0.3, 0.4) is 0 Å². The largest absolute Gasteiger partial charge is 0.457 e. The first kappa shape index (κ1) is 12.4. The fourth-order valence-electron chi connectivity index (χ4n) is 0.847. The van der Waals surface area contributed by atoms with E-state index in [1.54, 1.807) is 13.8 Å². The predicted octanol–water partition coefficient (Wildman–Crippen LogP) is 2.06. The van der Waals surface area contributed by atoms with Crippen molar-refractivity contribution in [2.24, 2.45) is 0 Å². The van der Waals surface area contributed by atoms with Gasteiger partial charge in [0.05, 0.1) is 11.7 Å². The highest BCUT2D eigenvalue weighted by Gasteiger charge is 2.31. The van der Waals surface area contributed by atoms with Gasteiger partial charge in [-0.25, -0.2) is 14.8 Å². The summed E-state index contributed by atoms with van der Waals surface area (Å²) >= 11 is 0. The van der Waals surface area contributed by atoms with E-state index in [-0.39, 0.29) is 11.9 Å². The lowest BCUT2D eigenvalue weighted by Crippen LogP contribution is -2.16. The Hall–Kier alpha value is -1.66. The molecule has 0 aliphatic heterocycles. The number of hydrogen-bond donors (Lipinski definition) is 0. The van der Waals surface area contributed by atoms with E-state index in [9.17, 15) is 18.0 Å². The van der Waals surface area contributed by atoms with Crippen molar-refractivity contribution >= 4 is 5.97 Å². The third-order valence-electron chi connectivity index (χ3n) is 1.50. The first-order chi connectivity index (χ1) is 7.30. The van der Waals surface area contributed by atoms with Gasteiger partial charge in [0.2, 0.25) is 5.82 Å². The van der Waals surface area contributed by atoms with E-state index < -0.39 is 17.7 Å². The van der Waals surface area contributed by atoms with Crippen molar-refractivity contribution < 1.29 is 22.7 Å². The van der Waals surface area contributed by atoms with E-state index in [4.69, 9.17) is 4.74 Å². The van der Waals surface area contributed by atoms with Crippen LogP contribution in [0.5, 0.6) is 0 Å². The number of esters is 1. The summed E-state index contributed by atoms with van der Waals surface area (Å²) in [6, 6.07) is 0. The lowest BCUT2D eigenvalue weighted by molar-refractivity contribution is -0.138. The second-order valence-corrected chi connectivity index (χ2v) is 3.25. The van der Waals surface area contributed by atoms with Gasteiger partial charge in [-0.15, -0.1) is 0 Å². The minimum absolute atomic E-state index is 0.376. The maximum absolute atomic E-state index is 12.1. The van der Waals surface area contributed by atoms with Crippen molar-refractivity contribution in [3.05, 3.63) is 23.8 Å². The molecule has 1 heterocycles. The highest BCUT2D eigenvalue weighted by Crippen LogP contribution is 2.27. The van der Waals surface area contributed by atoms with Crippen molar-refractivity contribution in [2.75, 3.05) is 0 Å². The van der Waals surface area contributed by atoms with Crippen LogP contribution in [-0.2, 0) is 10.9 Å². The third-order valence-corrected chi connectivity index (χ3v) is 1.50. The van der Waals surface area contributed by atoms with Gasteiger partial charge in [-0.1, -0.05) is 0 Å². The summed E-state index contributed by atoms with van der Waals surface area (Å²) in [5, 5.41) is 0. The van der Waals surface area contributed by atoms with Gasteiger partial charge >= 0.3 is 12.1 Å². The number of nitrogens with zero attached hydrogens (tertiary/aromatic N) is 2. The van der Waals surface area contributed by atoms with E-state index >= 15 is 0 Å². The van der Waals surface area contributed by atoms with E-state index in [1.807, 2.05) is 0 Å². The molecule has 0 saturated carbocycles. The quantitative estimate of drug-likeness (QED) is 0.735. The predicted molar refractivity (Wildman–Crippen MR) is 47.6 cm³/mol. The van der Waals surface area contributed by atoms with Crippen molar-refractivity contribution in [2.45, 2.75) is 26.1 Å². The molecule has 88 valence electrons. The maximum atomic E-state index is 12.1. The number of carbonyl (C=O) groups excluding carboxylic acids is 1. The van der Waals surface area contributed by atoms with E-state index in [0.29, 0.717) is 12.4 Å². The summed E-state index contributed by atoms with van der Waals surface area (Å²) in [4.78, 5) is 17.8. The third kappa shape index (κ3) is 3.18. The molecule has 16 heavy (non-hydrogen) atoms. The average Bonchev–Trinajstić information content (AvgIpc) is 2.15. The molecule has 1 aromatic heterocycles. The number of ether oxygens (including phenoxy) is 1. The molecule has 4 nitrogen and oxygen atoms in total. The summed E-state index contributed by atoms with van der Waals surface area (Å²) in [6.45, 7) is 3.23. The molecule has 0 amide bonds. The van der Waals surface area contributed by atoms with Gasteiger partial charge in [0.15, 0.2) is 0 Å². The van der Waals surface area contributed by atoms with Crippen LogP contribution in [0.1, 0.15) is 30.0 Å². The van der Waals surface area contributed by atoms with Crippen LogP contribution in [0.25, 0.3) is 0 Å². The minimum Gasteiger partial charge on any atom is -0.457 e. The monoisotopic (exact) mass is 234 g/mol. The maximum Gasteiger partial charge on any atom is 0.419 e. The van der Waals surface area contributed by atoms with Crippen molar-refractivity contribution in [3.8, 4) is 0 Å². The lowest BCUT2D eigenvalue weighted by Gasteiger charge is -2.08. The molecule has 0 fully saturated rings.